The number of carbonyl (C=O) groups excluding carboxylic acids is 4. The van der Waals surface area contributed by atoms with E-state index in [9.17, 15) is 19.3 Å². The molecule has 0 aromatic carbocycles. The molecule has 146 valence electrons. The first-order valence-electron chi connectivity index (χ1n) is 6.76. The fourth-order valence-electron chi connectivity index (χ4n) is 0.866. The second-order valence-corrected chi connectivity index (χ2v) is 3.92. The number of carbonyl (C=O) groups is 4. The summed E-state index contributed by atoms with van der Waals surface area (Å²) in [6.07, 6.45) is -0.103. The Kier molecular flexibility index (Phi) is 31.6. The van der Waals surface area contributed by atoms with E-state index in [0.717, 1.165) is 6.92 Å². The summed E-state index contributed by atoms with van der Waals surface area (Å²) < 4.78 is 8.90. The first kappa shape index (κ1) is 35.4. The van der Waals surface area contributed by atoms with E-state index >= 15 is 0 Å². The quantitative estimate of drug-likeness (QED) is 0.136. The summed E-state index contributed by atoms with van der Waals surface area (Å²) in [5, 5.41) is 19.9. The van der Waals surface area contributed by atoms with Gasteiger partial charge in [-0.1, -0.05) is 7.43 Å². The molecule has 0 aliphatic carbocycles. The number of esters is 2. The third-order valence-corrected chi connectivity index (χ3v) is 1.60. The molecule has 0 bridgehead atoms. The molecule has 0 saturated heterocycles. The second-order valence-electron chi connectivity index (χ2n) is 3.92. The van der Waals surface area contributed by atoms with Crippen molar-refractivity contribution in [2.45, 2.75) is 48.5 Å². The number of aliphatic hydroxyl groups excluding tert-OH is 1. The van der Waals surface area contributed by atoms with Gasteiger partial charge in [0, 0.05) is 5.97 Å². The summed E-state index contributed by atoms with van der Waals surface area (Å²) in [7, 11) is 0. The SMILES string of the molecule is C.CC(=O)[O-].CCOC(=O)C(N=O)=C(C)O.CCOC(=O)CC(C)=O.[Na+]. The van der Waals surface area contributed by atoms with Crippen molar-refractivity contribution >= 4 is 23.7 Å². The molecule has 0 aliphatic heterocycles. The number of carboxylic acid groups (broad SMARTS) is 1. The van der Waals surface area contributed by atoms with Crippen molar-refractivity contribution in [3.8, 4) is 0 Å². The van der Waals surface area contributed by atoms with Crippen molar-refractivity contribution in [2.75, 3.05) is 13.2 Å². The summed E-state index contributed by atoms with van der Waals surface area (Å²) in [4.78, 5) is 50.1. The van der Waals surface area contributed by atoms with Gasteiger partial charge in [-0.3, -0.25) is 9.59 Å². The van der Waals surface area contributed by atoms with Gasteiger partial charge < -0.3 is 24.5 Å². The molecule has 0 amide bonds. The Morgan fingerprint density at radius 2 is 1.38 bits per heavy atom. The van der Waals surface area contributed by atoms with Gasteiger partial charge in [-0.2, -0.15) is 0 Å². The Labute approximate surface area is 175 Å². The van der Waals surface area contributed by atoms with Crippen LogP contribution in [0.25, 0.3) is 0 Å². The van der Waals surface area contributed by atoms with E-state index < -0.39 is 29.4 Å². The number of nitroso groups, excluding NO2 is 1. The van der Waals surface area contributed by atoms with Crippen molar-refractivity contribution in [1.29, 1.82) is 0 Å². The van der Waals surface area contributed by atoms with Crippen molar-refractivity contribution < 1.29 is 68.4 Å². The molecule has 0 fully saturated rings. The summed E-state index contributed by atoms with van der Waals surface area (Å²) >= 11 is 0. The Morgan fingerprint density at radius 3 is 1.62 bits per heavy atom. The molecule has 0 atom stereocenters. The fourth-order valence-corrected chi connectivity index (χ4v) is 0.866. The predicted octanol–water partition coefficient (Wildman–Crippen LogP) is -1.97. The number of hydrogen-bond acceptors (Lipinski definition) is 10. The van der Waals surface area contributed by atoms with Gasteiger partial charge in [0.15, 0.2) is 0 Å². The smallest absolute Gasteiger partial charge is 0.550 e. The molecule has 0 aliphatic rings. The molecule has 0 aromatic rings. The maximum Gasteiger partial charge on any atom is 1.00 e. The first-order chi connectivity index (χ1) is 11.0. The van der Waals surface area contributed by atoms with Gasteiger partial charge in [-0.15, -0.1) is 4.91 Å². The summed E-state index contributed by atoms with van der Waals surface area (Å²) in [5.74, 6) is -3.01. The summed E-state index contributed by atoms with van der Waals surface area (Å²) in [6.45, 7) is 7.30. The standard InChI is InChI=1S/C6H9NO4.C6H10O3.C2H4O2.CH4.Na/c1-3-11-6(9)5(7-10)4(2)8;1-3-9-6(8)4-5(2)7;1-2(3)4;;/h8H,3H2,1-2H3;3-4H2,1-2H3;1H3,(H,3,4);1H4;/q;;;;+1/p-1. The number of Topliss-reactive ketones (excluding diaryl/α,β-unsaturated/α-hetero) is 1. The van der Waals surface area contributed by atoms with E-state index in [1.807, 2.05) is 0 Å². The minimum atomic E-state index is -1.08. The van der Waals surface area contributed by atoms with Crippen LogP contribution in [0, 0.1) is 4.91 Å². The molecule has 10 nitrogen and oxygen atoms in total. The summed E-state index contributed by atoms with van der Waals surface area (Å²) in [5.41, 5.74) is -0.577. The van der Waals surface area contributed by atoms with Gasteiger partial charge in [0.1, 0.15) is 18.0 Å². The number of allylic oxidation sites excluding steroid dienone is 1. The van der Waals surface area contributed by atoms with Crippen LogP contribution in [-0.2, 0) is 28.7 Å². The molecule has 0 rings (SSSR count). The number of aliphatic carboxylic acids is 1. The first-order valence-corrected chi connectivity index (χ1v) is 6.76. The van der Waals surface area contributed by atoms with E-state index in [4.69, 9.17) is 15.0 Å². The topological polar surface area (TPSA) is 159 Å². The maximum atomic E-state index is 10.7. The van der Waals surface area contributed by atoms with Crippen molar-refractivity contribution in [3.63, 3.8) is 0 Å². The van der Waals surface area contributed by atoms with Crippen LogP contribution in [0.1, 0.15) is 48.5 Å². The molecule has 1 N–H and O–H groups in total. The minimum Gasteiger partial charge on any atom is -0.550 e. The van der Waals surface area contributed by atoms with Crippen molar-refractivity contribution in [2.24, 2.45) is 5.18 Å². The van der Waals surface area contributed by atoms with Crippen molar-refractivity contribution in [1.82, 2.24) is 0 Å². The number of hydrogen-bond donors (Lipinski definition) is 1. The third-order valence-electron chi connectivity index (χ3n) is 1.60. The third kappa shape index (κ3) is 30.1. The zero-order valence-corrected chi connectivity index (χ0v) is 17.3. The maximum absolute atomic E-state index is 10.7. The molecule has 0 unspecified atom stereocenters. The Bertz CT molecular complexity index is 468. The number of ketones is 1. The molecule has 0 heterocycles. The number of aliphatic hydroxyl groups is 1. The zero-order chi connectivity index (χ0) is 19.7. The van der Waals surface area contributed by atoms with E-state index in [2.05, 4.69) is 14.7 Å². The van der Waals surface area contributed by atoms with Crippen molar-refractivity contribution in [3.05, 3.63) is 16.4 Å². The molecular formula is C15H26NNaO9. The zero-order valence-electron chi connectivity index (χ0n) is 15.3. The van der Waals surface area contributed by atoms with Gasteiger partial charge in [0.2, 0.25) is 5.70 Å². The Balaban J connectivity index is -0.0000000892. The van der Waals surface area contributed by atoms with Gasteiger partial charge in [-0.25, -0.2) is 4.79 Å². The number of rotatable bonds is 6. The minimum absolute atomic E-state index is 0. The van der Waals surface area contributed by atoms with Crippen LogP contribution in [0.2, 0.25) is 0 Å². The van der Waals surface area contributed by atoms with E-state index in [-0.39, 0.29) is 55.8 Å². The van der Waals surface area contributed by atoms with Crippen LogP contribution in [0.4, 0.5) is 0 Å². The summed E-state index contributed by atoms with van der Waals surface area (Å²) in [6, 6.07) is 0. The van der Waals surface area contributed by atoms with E-state index in [1.165, 1.54) is 13.8 Å². The average Bonchev–Trinajstić information content (AvgIpc) is 2.38. The Morgan fingerprint density at radius 1 is 1.00 bits per heavy atom. The fraction of sp³-hybridized carbons (Fsp3) is 0.600. The molecule has 0 saturated carbocycles. The van der Waals surface area contributed by atoms with Gasteiger partial charge in [0.05, 0.1) is 13.2 Å². The van der Waals surface area contributed by atoms with E-state index in [1.54, 1.807) is 13.8 Å². The second kappa shape index (κ2) is 23.2. The van der Waals surface area contributed by atoms with Crippen LogP contribution in [0.3, 0.4) is 0 Å². The van der Waals surface area contributed by atoms with Crippen LogP contribution in [0.5, 0.6) is 0 Å². The number of carboxylic acids is 1. The van der Waals surface area contributed by atoms with Crippen LogP contribution >= 0.6 is 0 Å². The number of nitrogens with zero attached hydrogens (tertiary/aromatic N) is 1. The van der Waals surface area contributed by atoms with E-state index in [0.29, 0.717) is 6.61 Å². The van der Waals surface area contributed by atoms with Crippen LogP contribution in [-0.4, -0.2) is 42.0 Å². The largest absolute Gasteiger partial charge is 1.00 e. The average molecular weight is 387 g/mol. The van der Waals surface area contributed by atoms with Crippen LogP contribution in [0.15, 0.2) is 16.6 Å². The molecule has 11 heteroatoms. The van der Waals surface area contributed by atoms with Gasteiger partial charge in [-0.05, 0) is 39.8 Å². The Hall–Kier alpha value is -1.78. The molecule has 26 heavy (non-hydrogen) atoms. The molecular weight excluding hydrogens is 361 g/mol. The van der Waals surface area contributed by atoms with Crippen LogP contribution < -0.4 is 34.7 Å². The normalized spacial score (nSPS) is 8.96. The molecule has 0 radical (unpaired) electrons. The van der Waals surface area contributed by atoms with Gasteiger partial charge in [0.25, 0.3) is 0 Å². The van der Waals surface area contributed by atoms with Gasteiger partial charge >= 0.3 is 41.5 Å². The monoisotopic (exact) mass is 387 g/mol. The predicted molar refractivity (Wildman–Crippen MR) is 87.1 cm³/mol. The number of ether oxygens (including phenoxy) is 2. The molecule has 0 spiro atoms. The molecule has 0 aromatic heterocycles.